The third-order valence-electron chi connectivity index (χ3n) is 3.02. The van der Waals surface area contributed by atoms with Crippen molar-refractivity contribution in [2.24, 2.45) is 0 Å². The SMILES string of the molecule is CN(C)Cc1ccc(CN2C(=O)CCNC2=S)cc1. The summed E-state index contributed by atoms with van der Waals surface area (Å²) in [7, 11) is 4.09. The Labute approximate surface area is 119 Å². The van der Waals surface area contributed by atoms with Gasteiger partial charge in [0, 0.05) is 19.5 Å². The number of benzene rings is 1. The first-order valence-electron chi connectivity index (χ1n) is 6.37. The monoisotopic (exact) mass is 277 g/mol. The van der Waals surface area contributed by atoms with Crippen molar-refractivity contribution < 1.29 is 4.79 Å². The Bertz CT molecular complexity index is 454. The Hall–Kier alpha value is -1.46. The van der Waals surface area contributed by atoms with Crippen LogP contribution in [0.25, 0.3) is 0 Å². The molecule has 2 rings (SSSR count). The molecule has 0 atom stereocenters. The van der Waals surface area contributed by atoms with E-state index in [-0.39, 0.29) is 5.91 Å². The number of nitrogens with zero attached hydrogens (tertiary/aromatic N) is 2. The molecule has 102 valence electrons. The molecule has 1 aliphatic heterocycles. The maximum atomic E-state index is 11.8. The molecule has 1 heterocycles. The number of hydrogen-bond donors (Lipinski definition) is 1. The summed E-state index contributed by atoms with van der Waals surface area (Å²) >= 11 is 5.17. The van der Waals surface area contributed by atoms with Crippen LogP contribution >= 0.6 is 12.2 Å². The number of carbonyl (C=O) groups is 1. The first-order chi connectivity index (χ1) is 9.06. The van der Waals surface area contributed by atoms with Crippen molar-refractivity contribution in [1.82, 2.24) is 15.1 Å². The highest BCUT2D eigenvalue weighted by Gasteiger charge is 2.22. The maximum absolute atomic E-state index is 11.8. The van der Waals surface area contributed by atoms with Gasteiger partial charge in [-0.1, -0.05) is 24.3 Å². The van der Waals surface area contributed by atoms with Crippen LogP contribution in [0.5, 0.6) is 0 Å². The molecule has 5 heteroatoms. The summed E-state index contributed by atoms with van der Waals surface area (Å²) in [6, 6.07) is 8.31. The van der Waals surface area contributed by atoms with Crippen molar-refractivity contribution in [2.45, 2.75) is 19.5 Å². The summed E-state index contributed by atoms with van der Waals surface area (Å²) < 4.78 is 0. The molecule has 0 saturated carbocycles. The average Bonchev–Trinajstić information content (AvgIpc) is 2.35. The fraction of sp³-hybridized carbons (Fsp3) is 0.429. The summed E-state index contributed by atoms with van der Waals surface area (Å²) in [6.07, 6.45) is 0.513. The van der Waals surface area contributed by atoms with E-state index in [4.69, 9.17) is 12.2 Å². The van der Waals surface area contributed by atoms with Crippen LogP contribution in [0.1, 0.15) is 17.5 Å². The van der Waals surface area contributed by atoms with Crippen LogP contribution in [0, 0.1) is 0 Å². The number of hydrogen-bond acceptors (Lipinski definition) is 3. The van der Waals surface area contributed by atoms with Gasteiger partial charge in [0.2, 0.25) is 5.91 Å². The number of carbonyl (C=O) groups excluding carboxylic acids is 1. The molecular formula is C14H19N3OS. The molecule has 1 fully saturated rings. The van der Waals surface area contributed by atoms with Crippen LogP contribution in [0.4, 0.5) is 0 Å². The van der Waals surface area contributed by atoms with E-state index < -0.39 is 0 Å². The Morgan fingerprint density at radius 1 is 1.26 bits per heavy atom. The number of thiocarbonyl (C=S) groups is 1. The Balaban J connectivity index is 2.02. The number of rotatable bonds is 4. The largest absolute Gasteiger partial charge is 0.362 e. The van der Waals surface area contributed by atoms with E-state index in [2.05, 4.69) is 34.5 Å². The zero-order valence-electron chi connectivity index (χ0n) is 11.3. The van der Waals surface area contributed by atoms with E-state index >= 15 is 0 Å². The van der Waals surface area contributed by atoms with Gasteiger partial charge in [-0.25, -0.2) is 0 Å². The van der Waals surface area contributed by atoms with Crippen molar-refractivity contribution in [3.63, 3.8) is 0 Å². The lowest BCUT2D eigenvalue weighted by molar-refractivity contribution is -0.128. The van der Waals surface area contributed by atoms with Crippen LogP contribution in [-0.2, 0) is 17.9 Å². The molecule has 1 saturated heterocycles. The van der Waals surface area contributed by atoms with Crippen molar-refractivity contribution in [3.05, 3.63) is 35.4 Å². The normalized spacial score (nSPS) is 15.8. The van der Waals surface area contributed by atoms with Gasteiger partial charge in [0.25, 0.3) is 0 Å². The summed E-state index contributed by atoms with van der Waals surface area (Å²) in [5, 5.41) is 3.59. The quantitative estimate of drug-likeness (QED) is 0.843. The smallest absolute Gasteiger partial charge is 0.230 e. The minimum Gasteiger partial charge on any atom is -0.362 e. The van der Waals surface area contributed by atoms with Gasteiger partial charge in [-0.15, -0.1) is 0 Å². The standard InChI is InChI=1S/C14H19N3OS/c1-16(2)9-11-3-5-12(6-4-11)10-17-13(18)7-8-15-14(17)19/h3-6H,7-10H2,1-2H3,(H,15,19). The lowest BCUT2D eigenvalue weighted by Gasteiger charge is -2.28. The van der Waals surface area contributed by atoms with Crippen molar-refractivity contribution >= 4 is 23.2 Å². The molecule has 1 aromatic rings. The molecule has 0 bridgehead atoms. The van der Waals surface area contributed by atoms with Crippen LogP contribution in [0.3, 0.4) is 0 Å². The topological polar surface area (TPSA) is 35.6 Å². The molecule has 1 aliphatic rings. The van der Waals surface area contributed by atoms with E-state index in [1.807, 2.05) is 14.1 Å². The highest BCUT2D eigenvalue weighted by atomic mass is 32.1. The first kappa shape index (κ1) is 14.0. The third kappa shape index (κ3) is 3.75. The van der Waals surface area contributed by atoms with E-state index in [0.717, 1.165) is 12.1 Å². The Morgan fingerprint density at radius 3 is 2.47 bits per heavy atom. The summed E-state index contributed by atoms with van der Waals surface area (Å²) in [6.45, 7) is 2.12. The molecule has 4 nitrogen and oxygen atoms in total. The van der Waals surface area contributed by atoms with Crippen LogP contribution in [0.15, 0.2) is 24.3 Å². The predicted octanol–water partition coefficient (Wildman–Crippen LogP) is 1.35. The zero-order valence-corrected chi connectivity index (χ0v) is 12.2. The van der Waals surface area contributed by atoms with Gasteiger partial charge in [0.15, 0.2) is 5.11 Å². The second kappa shape index (κ2) is 6.12. The molecule has 0 radical (unpaired) electrons. The van der Waals surface area contributed by atoms with Gasteiger partial charge in [0.05, 0.1) is 6.54 Å². The predicted molar refractivity (Wildman–Crippen MR) is 79.6 cm³/mol. The van der Waals surface area contributed by atoms with Gasteiger partial charge in [-0.2, -0.15) is 0 Å². The van der Waals surface area contributed by atoms with Crippen molar-refractivity contribution in [2.75, 3.05) is 20.6 Å². The third-order valence-corrected chi connectivity index (χ3v) is 3.39. The van der Waals surface area contributed by atoms with E-state index in [1.54, 1.807) is 4.90 Å². The molecule has 0 aliphatic carbocycles. The molecule has 0 unspecified atom stereocenters. The van der Waals surface area contributed by atoms with Crippen LogP contribution in [-0.4, -0.2) is 41.5 Å². The first-order valence-corrected chi connectivity index (χ1v) is 6.78. The minimum atomic E-state index is 0.0983. The highest BCUT2D eigenvalue weighted by Crippen LogP contribution is 2.11. The van der Waals surface area contributed by atoms with Crippen LogP contribution < -0.4 is 5.32 Å². The molecule has 0 aromatic heterocycles. The molecule has 1 aromatic carbocycles. The zero-order chi connectivity index (χ0) is 13.8. The maximum Gasteiger partial charge on any atom is 0.230 e. The minimum absolute atomic E-state index is 0.0983. The number of amides is 1. The summed E-state index contributed by atoms with van der Waals surface area (Å²) in [5.74, 6) is 0.0983. The Morgan fingerprint density at radius 2 is 1.89 bits per heavy atom. The van der Waals surface area contributed by atoms with E-state index in [9.17, 15) is 4.79 Å². The van der Waals surface area contributed by atoms with Crippen molar-refractivity contribution in [3.8, 4) is 0 Å². The Kier molecular flexibility index (Phi) is 4.50. The van der Waals surface area contributed by atoms with Gasteiger partial charge < -0.3 is 10.2 Å². The fourth-order valence-corrected chi connectivity index (χ4v) is 2.35. The van der Waals surface area contributed by atoms with E-state index in [1.165, 1.54) is 5.56 Å². The highest BCUT2D eigenvalue weighted by molar-refractivity contribution is 7.80. The average molecular weight is 277 g/mol. The van der Waals surface area contributed by atoms with Gasteiger partial charge in [-0.3, -0.25) is 9.69 Å². The van der Waals surface area contributed by atoms with Gasteiger partial charge >= 0.3 is 0 Å². The lowest BCUT2D eigenvalue weighted by Crippen LogP contribution is -2.49. The van der Waals surface area contributed by atoms with Crippen LogP contribution in [0.2, 0.25) is 0 Å². The molecular weight excluding hydrogens is 258 g/mol. The second-order valence-corrected chi connectivity index (χ2v) is 5.40. The second-order valence-electron chi connectivity index (χ2n) is 5.02. The molecule has 1 N–H and O–H groups in total. The molecule has 19 heavy (non-hydrogen) atoms. The summed E-state index contributed by atoms with van der Waals surface area (Å²) in [4.78, 5) is 15.6. The lowest BCUT2D eigenvalue weighted by atomic mass is 10.1. The van der Waals surface area contributed by atoms with Crippen molar-refractivity contribution in [1.29, 1.82) is 0 Å². The number of nitrogens with one attached hydrogen (secondary N) is 1. The van der Waals surface area contributed by atoms with Gasteiger partial charge in [0.1, 0.15) is 0 Å². The molecule has 1 amide bonds. The molecule has 0 spiro atoms. The summed E-state index contributed by atoms with van der Waals surface area (Å²) in [5.41, 5.74) is 2.36. The fourth-order valence-electron chi connectivity index (χ4n) is 2.08. The van der Waals surface area contributed by atoms with Gasteiger partial charge in [-0.05, 0) is 37.4 Å². The van der Waals surface area contributed by atoms with E-state index in [0.29, 0.717) is 24.6 Å².